The number of nitriles is 1. The lowest BCUT2D eigenvalue weighted by atomic mass is 9.89. The van der Waals surface area contributed by atoms with Gasteiger partial charge in [-0.25, -0.2) is 0 Å². The van der Waals surface area contributed by atoms with Crippen molar-refractivity contribution in [1.82, 2.24) is 10.2 Å². The minimum Gasteiger partial charge on any atom is -0.416 e. The minimum absolute atomic E-state index is 0.169. The van der Waals surface area contributed by atoms with E-state index in [0.717, 1.165) is 12.8 Å². The highest BCUT2D eigenvalue weighted by Gasteiger charge is 2.23. The number of carbonyl (C=O) groups excluding carboxylic acids is 1. The number of benzene rings is 1. The first-order chi connectivity index (χ1) is 12.2. The lowest BCUT2D eigenvalue weighted by Gasteiger charge is -2.17. The summed E-state index contributed by atoms with van der Waals surface area (Å²) in [4.78, 5) is 12.3. The van der Waals surface area contributed by atoms with Crippen molar-refractivity contribution in [2.24, 2.45) is 0 Å². The summed E-state index contributed by atoms with van der Waals surface area (Å²) in [5, 5.41) is 20.0. The van der Waals surface area contributed by atoms with Crippen LogP contribution in [0.4, 0.5) is 5.69 Å². The molecule has 1 N–H and O–H groups in total. The maximum Gasteiger partial charge on any atom is 0.277 e. The number of hydrogen-bond acceptors (Lipinski definition) is 6. The van der Waals surface area contributed by atoms with Gasteiger partial charge < -0.3 is 9.73 Å². The zero-order chi connectivity index (χ0) is 17.6. The van der Waals surface area contributed by atoms with Gasteiger partial charge in [0.1, 0.15) is 0 Å². The maximum absolute atomic E-state index is 12.3. The molecule has 1 aliphatic rings. The summed E-state index contributed by atoms with van der Waals surface area (Å²) < 4.78 is 5.75. The van der Waals surface area contributed by atoms with Crippen LogP contribution >= 0.6 is 11.8 Å². The Hall–Kier alpha value is -2.33. The number of thioether (sulfide) groups is 1. The summed E-state index contributed by atoms with van der Waals surface area (Å²) in [5.41, 5.74) is 1.11. The lowest BCUT2D eigenvalue weighted by Crippen LogP contribution is -2.22. The number of nitrogens with one attached hydrogen (secondary N) is 1. The molecule has 7 heteroatoms. The fourth-order valence-electron chi connectivity index (χ4n) is 2.90. The standard InChI is InChI=1S/C18H20N4O2S/c1-12(16(23)20-15-9-5-6-13(10-15)11-19)25-18-22-21-17(24-18)14-7-3-2-4-8-14/h5-6,9-10,12,14H,2-4,7-8H2,1H3,(H,20,23)/t12-/m0/s1. The quantitative estimate of drug-likeness (QED) is 0.811. The first-order valence-electron chi connectivity index (χ1n) is 8.47. The summed E-state index contributed by atoms with van der Waals surface area (Å²) in [6.07, 6.45) is 5.87. The normalized spacial score (nSPS) is 16.2. The van der Waals surface area contributed by atoms with Gasteiger partial charge in [-0.3, -0.25) is 4.79 Å². The summed E-state index contributed by atoms with van der Waals surface area (Å²) >= 11 is 1.25. The molecule has 1 aromatic carbocycles. The molecule has 25 heavy (non-hydrogen) atoms. The van der Waals surface area contributed by atoms with Gasteiger partial charge in [0.05, 0.1) is 16.9 Å². The molecule has 1 heterocycles. The molecule has 6 nitrogen and oxygen atoms in total. The van der Waals surface area contributed by atoms with Gasteiger partial charge in [-0.2, -0.15) is 5.26 Å². The van der Waals surface area contributed by atoms with E-state index in [4.69, 9.17) is 9.68 Å². The molecule has 0 spiro atoms. The molecule has 1 aliphatic carbocycles. The van der Waals surface area contributed by atoms with Gasteiger partial charge in [-0.15, -0.1) is 10.2 Å². The van der Waals surface area contributed by atoms with E-state index >= 15 is 0 Å². The molecular weight excluding hydrogens is 336 g/mol. The van der Waals surface area contributed by atoms with Crippen molar-refractivity contribution in [3.8, 4) is 6.07 Å². The Bertz CT molecular complexity index is 777. The van der Waals surface area contributed by atoms with Gasteiger partial charge in [0, 0.05) is 11.6 Å². The van der Waals surface area contributed by atoms with Crippen LogP contribution in [0.2, 0.25) is 0 Å². The molecule has 1 fully saturated rings. The molecule has 1 amide bonds. The maximum atomic E-state index is 12.3. The SMILES string of the molecule is C[C@H](Sc1nnc(C2CCCCC2)o1)C(=O)Nc1cccc(C#N)c1. The zero-order valence-electron chi connectivity index (χ0n) is 14.1. The van der Waals surface area contributed by atoms with Crippen molar-refractivity contribution >= 4 is 23.4 Å². The van der Waals surface area contributed by atoms with E-state index in [0.29, 0.717) is 28.3 Å². The van der Waals surface area contributed by atoms with E-state index in [1.807, 2.05) is 0 Å². The second kappa shape index (κ2) is 8.17. The van der Waals surface area contributed by atoms with Crippen LogP contribution in [-0.2, 0) is 4.79 Å². The Balaban J connectivity index is 1.58. The molecule has 130 valence electrons. The number of aromatic nitrogens is 2. The van der Waals surface area contributed by atoms with Crippen molar-refractivity contribution in [2.75, 3.05) is 5.32 Å². The third-order valence-electron chi connectivity index (χ3n) is 4.28. The Kier molecular flexibility index (Phi) is 5.71. The third kappa shape index (κ3) is 4.60. The van der Waals surface area contributed by atoms with E-state index < -0.39 is 0 Å². The van der Waals surface area contributed by atoms with Crippen LogP contribution < -0.4 is 5.32 Å². The Morgan fingerprint density at radius 1 is 1.36 bits per heavy atom. The van der Waals surface area contributed by atoms with Gasteiger partial charge in [-0.1, -0.05) is 37.1 Å². The summed E-state index contributed by atoms with van der Waals surface area (Å²) in [6, 6.07) is 8.88. The number of hydrogen-bond donors (Lipinski definition) is 1. The second-order valence-corrected chi connectivity index (χ2v) is 7.48. The summed E-state index contributed by atoms with van der Waals surface area (Å²) in [5.74, 6) is 0.877. The number of nitrogens with zero attached hydrogens (tertiary/aromatic N) is 3. The predicted molar refractivity (Wildman–Crippen MR) is 95.2 cm³/mol. The molecule has 0 unspecified atom stereocenters. The van der Waals surface area contributed by atoms with E-state index in [1.54, 1.807) is 31.2 Å². The van der Waals surface area contributed by atoms with Gasteiger partial charge in [0.25, 0.3) is 5.22 Å². The topological polar surface area (TPSA) is 91.8 Å². The molecule has 0 radical (unpaired) electrons. The van der Waals surface area contributed by atoms with Gasteiger partial charge in [0.15, 0.2) is 0 Å². The van der Waals surface area contributed by atoms with Crippen molar-refractivity contribution in [1.29, 1.82) is 5.26 Å². The second-order valence-electron chi connectivity index (χ2n) is 6.18. The molecule has 1 atom stereocenters. The van der Waals surface area contributed by atoms with Crippen LogP contribution in [0.25, 0.3) is 0 Å². The Labute approximate surface area is 151 Å². The van der Waals surface area contributed by atoms with Crippen LogP contribution in [0.15, 0.2) is 33.9 Å². The van der Waals surface area contributed by atoms with Crippen molar-refractivity contribution in [3.05, 3.63) is 35.7 Å². The molecule has 2 aromatic rings. The summed E-state index contributed by atoms with van der Waals surface area (Å²) in [6.45, 7) is 1.79. The fourth-order valence-corrected chi connectivity index (χ4v) is 3.59. The Morgan fingerprint density at radius 3 is 2.92 bits per heavy atom. The van der Waals surface area contributed by atoms with Crippen LogP contribution in [0.3, 0.4) is 0 Å². The number of amides is 1. The van der Waals surface area contributed by atoms with Crippen molar-refractivity contribution < 1.29 is 9.21 Å². The molecule has 1 aromatic heterocycles. The van der Waals surface area contributed by atoms with Gasteiger partial charge >= 0.3 is 0 Å². The summed E-state index contributed by atoms with van der Waals surface area (Å²) in [7, 11) is 0. The number of rotatable bonds is 5. The molecule has 3 rings (SSSR count). The fraction of sp³-hybridized carbons (Fsp3) is 0.444. The van der Waals surface area contributed by atoms with Gasteiger partial charge in [-0.05, 0) is 38.0 Å². The average molecular weight is 356 g/mol. The number of carbonyl (C=O) groups is 1. The minimum atomic E-state index is -0.384. The van der Waals surface area contributed by atoms with Gasteiger partial charge in [0.2, 0.25) is 11.8 Å². The van der Waals surface area contributed by atoms with E-state index in [1.165, 1.54) is 31.0 Å². The first kappa shape index (κ1) is 17.5. The highest BCUT2D eigenvalue weighted by atomic mass is 32.2. The Morgan fingerprint density at radius 2 is 2.16 bits per heavy atom. The molecule has 1 saturated carbocycles. The monoisotopic (exact) mass is 356 g/mol. The molecule has 0 aliphatic heterocycles. The predicted octanol–water partition coefficient (Wildman–Crippen LogP) is 4.11. The van der Waals surface area contributed by atoms with Crippen molar-refractivity contribution in [2.45, 2.75) is 55.4 Å². The van der Waals surface area contributed by atoms with Crippen LogP contribution in [-0.4, -0.2) is 21.4 Å². The van der Waals surface area contributed by atoms with Crippen molar-refractivity contribution in [3.63, 3.8) is 0 Å². The van der Waals surface area contributed by atoms with E-state index in [9.17, 15) is 4.79 Å². The molecule has 0 bridgehead atoms. The molecule has 0 saturated heterocycles. The lowest BCUT2D eigenvalue weighted by molar-refractivity contribution is -0.115. The largest absolute Gasteiger partial charge is 0.416 e. The zero-order valence-corrected chi connectivity index (χ0v) is 14.9. The third-order valence-corrected chi connectivity index (χ3v) is 5.22. The van der Waals surface area contributed by atoms with E-state index in [-0.39, 0.29) is 11.2 Å². The van der Waals surface area contributed by atoms with Crippen LogP contribution in [0.1, 0.15) is 56.4 Å². The highest BCUT2D eigenvalue weighted by Crippen LogP contribution is 2.33. The first-order valence-corrected chi connectivity index (χ1v) is 9.35. The van der Waals surface area contributed by atoms with Crippen LogP contribution in [0, 0.1) is 11.3 Å². The highest BCUT2D eigenvalue weighted by molar-refractivity contribution is 8.00. The smallest absolute Gasteiger partial charge is 0.277 e. The molecular formula is C18H20N4O2S. The van der Waals surface area contributed by atoms with Crippen LogP contribution in [0.5, 0.6) is 0 Å². The average Bonchev–Trinajstić information content (AvgIpc) is 3.11. The number of anilines is 1. The van der Waals surface area contributed by atoms with E-state index in [2.05, 4.69) is 21.6 Å².